The van der Waals surface area contributed by atoms with Gasteiger partial charge < -0.3 is 4.74 Å². The molecule has 3 nitrogen and oxygen atoms in total. The van der Waals surface area contributed by atoms with E-state index in [2.05, 4.69) is 22.6 Å². The minimum atomic E-state index is -0.401. The molecular formula is C10H9FINO2. The van der Waals surface area contributed by atoms with Gasteiger partial charge in [0.2, 0.25) is 0 Å². The van der Waals surface area contributed by atoms with E-state index in [1.165, 1.54) is 17.0 Å². The van der Waals surface area contributed by atoms with Crippen LogP contribution in [0.15, 0.2) is 24.3 Å². The number of rotatable bonds is 2. The zero-order valence-electron chi connectivity index (χ0n) is 7.82. The highest BCUT2D eigenvalue weighted by atomic mass is 127. The number of benzene rings is 1. The molecule has 5 heteroatoms. The van der Waals surface area contributed by atoms with Gasteiger partial charge in [0.15, 0.2) is 0 Å². The first-order valence-electron chi connectivity index (χ1n) is 4.50. The molecule has 1 atom stereocenters. The summed E-state index contributed by atoms with van der Waals surface area (Å²) in [5, 5.41) is 0. The predicted molar refractivity (Wildman–Crippen MR) is 62.9 cm³/mol. The molecular weight excluding hydrogens is 312 g/mol. The largest absolute Gasteiger partial charge is 0.443 e. The van der Waals surface area contributed by atoms with Crippen molar-refractivity contribution in [2.45, 2.75) is 6.10 Å². The van der Waals surface area contributed by atoms with Crippen molar-refractivity contribution < 1.29 is 13.9 Å². The Morgan fingerprint density at radius 1 is 1.60 bits per heavy atom. The van der Waals surface area contributed by atoms with Gasteiger partial charge in [0.05, 0.1) is 12.2 Å². The minimum absolute atomic E-state index is 0.0960. The van der Waals surface area contributed by atoms with E-state index in [-0.39, 0.29) is 11.9 Å². The summed E-state index contributed by atoms with van der Waals surface area (Å²) in [6.07, 6.45) is -0.497. The topological polar surface area (TPSA) is 29.5 Å². The lowest BCUT2D eigenvalue weighted by Crippen LogP contribution is -2.24. The third-order valence-electron chi connectivity index (χ3n) is 2.17. The summed E-state index contributed by atoms with van der Waals surface area (Å²) < 4.78 is 18.8. The average Bonchev–Trinajstić information content (AvgIpc) is 2.60. The predicted octanol–water partition coefficient (Wildman–Crippen LogP) is 2.59. The number of amides is 1. The van der Waals surface area contributed by atoms with Crippen LogP contribution in [0.25, 0.3) is 0 Å². The van der Waals surface area contributed by atoms with Gasteiger partial charge in [-0.05, 0) is 18.2 Å². The quantitative estimate of drug-likeness (QED) is 0.619. The van der Waals surface area contributed by atoms with Crippen molar-refractivity contribution in [2.24, 2.45) is 0 Å². The summed E-state index contributed by atoms with van der Waals surface area (Å²) in [5.41, 5.74) is 0.548. The monoisotopic (exact) mass is 321 g/mol. The molecule has 1 aliphatic rings. The molecule has 1 unspecified atom stereocenters. The van der Waals surface area contributed by atoms with Crippen LogP contribution in [0.4, 0.5) is 14.9 Å². The summed E-state index contributed by atoms with van der Waals surface area (Å²) >= 11 is 2.16. The molecule has 0 saturated carbocycles. The third-order valence-corrected chi connectivity index (χ3v) is 3.15. The van der Waals surface area contributed by atoms with E-state index in [1.54, 1.807) is 12.1 Å². The number of hydrogen-bond donors (Lipinski definition) is 0. The van der Waals surface area contributed by atoms with Gasteiger partial charge in [-0.3, -0.25) is 4.90 Å². The van der Waals surface area contributed by atoms with Gasteiger partial charge in [-0.25, -0.2) is 9.18 Å². The van der Waals surface area contributed by atoms with Crippen molar-refractivity contribution >= 4 is 34.4 Å². The lowest BCUT2D eigenvalue weighted by Gasteiger charge is -2.12. The molecule has 2 rings (SSSR count). The van der Waals surface area contributed by atoms with Crippen LogP contribution in [0.3, 0.4) is 0 Å². The zero-order chi connectivity index (χ0) is 10.8. The Hall–Kier alpha value is -0.850. The SMILES string of the molecule is O=C1OC(CI)CN1c1cccc(F)c1. The smallest absolute Gasteiger partial charge is 0.414 e. The highest BCUT2D eigenvalue weighted by molar-refractivity contribution is 14.1. The van der Waals surface area contributed by atoms with Crippen molar-refractivity contribution in [1.82, 2.24) is 0 Å². The Kier molecular flexibility index (Phi) is 3.08. The normalized spacial score (nSPS) is 20.5. The number of carbonyl (C=O) groups excluding carboxylic acids is 1. The van der Waals surface area contributed by atoms with Crippen molar-refractivity contribution in [3.05, 3.63) is 30.1 Å². The standard InChI is InChI=1S/C10H9FINO2/c11-7-2-1-3-8(4-7)13-6-9(5-12)15-10(13)14/h1-4,9H,5-6H2. The molecule has 1 amide bonds. The molecule has 0 N–H and O–H groups in total. The maximum absolute atomic E-state index is 12.9. The highest BCUT2D eigenvalue weighted by Crippen LogP contribution is 2.22. The van der Waals surface area contributed by atoms with E-state index < -0.39 is 6.09 Å². The molecule has 0 aromatic heterocycles. The van der Waals surface area contributed by atoms with E-state index in [0.29, 0.717) is 12.2 Å². The Balaban J connectivity index is 2.21. The van der Waals surface area contributed by atoms with Crippen molar-refractivity contribution in [1.29, 1.82) is 0 Å². The summed E-state index contributed by atoms with van der Waals surface area (Å²) in [7, 11) is 0. The van der Waals surface area contributed by atoms with E-state index in [0.717, 1.165) is 4.43 Å². The third kappa shape index (κ3) is 2.22. The van der Waals surface area contributed by atoms with Crippen molar-refractivity contribution in [3.63, 3.8) is 0 Å². The molecule has 0 radical (unpaired) electrons. The van der Waals surface area contributed by atoms with Gasteiger partial charge in [0, 0.05) is 4.43 Å². The van der Waals surface area contributed by atoms with Crippen LogP contribution in [-0.4, -0.2) is 23.2 Å². The fraction of sp³-hybridized carbons (Fsp3) is 0.300. The van der Waals surface area contributed by atoms with Gasteiger partial charge >= 0.3 is 6.09 Å². The van der Waals surface area contributed by atoms with Crippen LogP contribution in [0.5, 0.6) is 0 Å². The van der Waals surface area contributed by atoms with E-state index in [9.17, 15) is 9.18 Å². The Labute approximate surface area is 100 Å². The van der Waals surface area contributed by atoms with Crippen LogP contribution in [-0.2, 0) is 4.74 Å². The van der Waals surface area contributed by atoms with Crippen LogP contribution in [0, 0.1) is 5.82 Å². The first-order valence-corrected chi connectivity index (χ1v) is 6.03. The molecule has 1 saturated heterocycles. The molecule has 80 valence electrons. The Morgan fingerprint density at radius 2 is 2.40 bits per heavy atom. The minimum Gasteiger partial charge on any atom is -0.443 e. The van der Waals surface area contributed by atoms with Crippen LogP contribution < -0.4 is 4.90 Å². The fourth-order valence-corrected chi connectivity index (χ4v) is 1.92. The summed E-state index contributed by atoms with van der Waals surface area (Å²) in [6, 6.07) is 5.95. The molecule has 0 aliphatic carbocycles. The lowest BCUT2D eigenvalue weighted by atomic mass is 10.3. The number of alkyl halides is 1. The Bertz CT molecular complexity index is 385. The maximum Gasteiger partial charge on any atom is 0.414 e. The first-order chi connectivity index (χ1) is 7.20. The molecule has 1 aliphatic heterocycles. The van der Waals surface area contributed by atoms with Gasteiger partial charge in [-0.1, -0.05) is 28.7 Å². The fourth-order valence-electron chi connectivity index (χ4n) is 1.46. The summed E-state index contributed by atoms with van der Waals surface area (Å²) in [4.78, 5) is 12.9. The first kappa shape index (κ1) is 10.7. The van der Waals surface area contributed by atoms with Gasteiger partial charge in [0.1, 0.15) is 11.9 Å². The van der Waals surface area contributed by atoms with E-state index in [1.807, 2.05) is 0 Å². The molecule has 1 aromatic rings. The second kappa shape index (κ2) is 4.34. The van der Waals surface area contributed by atoms with E-state index in [4.69, 9.17) is 4.74 Å². The maximum atomic E-state index is 12.9. The number of ether oxygens (including phenoxy) is 1. The highest BCUT2D eigenvalue weighted by Gasteiger charge is 2.31. The summed E-state index contributed by atoms with van der Waals surface area (Å²) in [6.45, 7) is 0.491. The zero-order valence-corrected chi connectivity index (χ0v) is 9.98. The van der Waals surface area contributed by atoms with Gasteiger partial charge in [-0.15, -0.1) is 0 Å². The Morgan fingerprint density at radius 3 is 3.00 bits per heavy atom. The number of nitrogens with zero attached hydrogens (tertiary/aromatic N) is 1. The number of hydrogen-bond acceptors (Lipinski definition) is 2. The van der Waals surface area contributed by atoms with Gasteiger partial charge in [0.25, 0.3) is 0 Å². The van der Waals surface area contributed by atoms with Crippen molar-refractivity contribution in [2.75, 3.05) is 15.9 Å². The number of cyclic esters (lactones) is 1. The molecule has 1 aromatic carbocycles. The van der Waals surface area contributed by atoms with Crippen LogP contribution in [0.1, 0.15) is 0 Å². The van der Waals surface area contributed by atoms with Crippen molar-refractivity contribution in [3.8, 4) is 0 Å². The van der Waals surface area contributed by atoms with Crippen LogP contribution in [0.2, 0.25) is 0 Å². The second-order valence-electron chi connectivity index (χ2n) is 3.25. The molecule has 0 bridgehead atoms. The van der Waals surface area contributed by atoms with E-state index >= 15 is 0 Å². The van der Waals surface area contributed by atoms with Crippen LogP contribution >= 0.6 is 22.6 Å². The molecule has 15 heavy (non-hydrogen) atoms. The lowest BCUT2D eigenvalue weighted by molar-refractivity contribution is 0.153. The average molecular weight is 321 g/mol. The second-order valence-corrected chi connectivity index (χ2v) is 4.13. The molecule has 1 heterocycles. The number of carbonyl (C=O) groups is 1. The number of anilines is 1. The summed E-state index contributed by atoms with van der Waals surface area (Å²) in [5.74, 6) is -0.349. The molecule has 1 fully saturated rings. The molecule has 0 spiro atoms. The van der Waals surface area contributed by atoms with Gasteiger partial charge in [-0.2, -0.15) is 0 Å². The number of halogens is 2.